The molecule has 0 radical (unpaired) electrons. The molecule has 0 bridgehead atoms. The molecule has 2 heterocycles. The number of ether oxygens (including phenoxy) is 1. The summed E-state index contributed by atoms with van der Waals surface area (Å²) in [6.45, 7) is 1.54. The second kappa shape index (κ2) is 5.04. The molecular formula is C14H19NO3S. The van der Waals surface area contributed by atoms with Gasteiger partial charge in [-0.15, -0.1) is 0 Å². The van der Waals surface area contributed by atoms with Gasteiger partial charge in [-0.2, -0.15) is 0 Å². The Morgan fingerprint density at radius 3 is 3.05 bits per heavy atom. The van der Waals surface area contributed by atoms with Crippen LogP contribution in [0.15, 0.2) is 18.2 Å². The molecule has 3 rings (SSSR count). The van der Waals surface area contributed by atoms with Gasteiger partial charge < -0.3 is 10.1 Å². The van der Waals surface area contributed by atoms with Crippen molar-refractivity contribution in [1.82, 2.24) is 0 Å². The minimum atomic E-state index is -2.80. The fraction of sp³-hybridized carbons (Fsp3) is 0.571. The minimum Gasteiger partial charge on any atom is -0.493 e. The third-order valence-corrected chi connectivity index (χ3v) is 5.66. The molecule has 1 unspecified atom stereocenters. The topological polar surface area (TPSA) is 55.4 Å². The van der Waals surface area contributed by atoms with E-state index in [4.69, 9.17) is 4.74 Å². The zero-order valence-corrected chi connectivity index (χ0v) is 11.7. The van der Waals surface area contributed by atoms with Crippen LogP contribution in [0.5, 0.6) is 5.75 Å². The average molecular weight is 281 g/mol. The summed E-state index contributed by atoms with van der Waals surface area (Å²) in [6.07, 6.45) is 2.96. The first-order valence-electron chi connectivity index (χ1n) is 6.82. The lowest BCUT2D eigenvalue weighted by molar-refractivity contribution is 0.263. The largest absolute Gasteiger partial charge is 0.493 e. The van der Waals surface area contributed by atoms with Gasteiger partial charge in [0.2, 0.25) is 0 Å². The summed E-state index contributed by atoms with van der Waals surface area (Å²) >= 11 is 0. The van der Waals surface area contributed by atoms with Crippen LogP contribution in [-0.2, 0) is 16.3 Å². The molecule has 19 heavy (non-hydrogen) atoms. The molecule has 0 amide bonds. The number of anilines is 1. The van der Waals surface area contributed by atoms with Crippen molar-refractivity contribution in [3.8, 4) is 5.75 Å². The van der Waals surface area contributed by atoms with Crippen LogP contribution in [0.4, 0.5) is 5.69 Å². The number of hydrogen-bond donors (Lipinski definition) is 1. The van der Waals surface area contributed by atoms with Gasteiger partial charge >= 0.3 is 0 Å². The van der Waals surface area contributed by atoms with E-state index in [1.165, 1.54) is 11.3 Å². The second-order valence-electron chi connectivity index (χ2n) is 5.43. The van der Waals surface area contributed by atoms with Gasteiger partial charge in [-0.1, -0.05) is 0 Å². The van der Waals surface area contributed by atoms with Crippen molar-refractivity contribution in [3.63, 3.8) is 0 Å². The molecule has 1 N–H and O–H groups in total. The van der Waals surface area contributed by atoms with Crippen LogP contribution < -0.4 is 10.1 Å². The third kappa shape index (κ3) is 3.03. The molecule has 0 spiro atoms. The first-order chi connectivity index (χ1) is 9.12. The Hall–Kier alpha value is -1.23. The lowest BCUT2D eigenvalue weighted by Crippen LogP contribution is -2.14. The lowest BCUT2D eigenvalue weighted by Gasteiger charge is -2.19. The summed E-state index contributed by atoms with van der Waals surface area (Å²) in [5, 5.41) is 3.36. The van der Waals surface area contributed by atoms with Gasteiger partial charge in [-0.25, -0.2) is 8.42 Å². The van der Waals surface area contributed by atoms with E-state index < -0.39 is 9.84 Å². The quantitative estimate of drug-likeness (QED) is 0.919. The minimum absolute atomic E-state index is 0.152. The fourth-order valence-electron chi connectivity index (χ4n) is 2.76. The van der Waals surface area contributed by atoms with E-state index in [1.54, 1.807) is 0 Å². The number of benzene rings is 1. The Labute approximate surface area is 114 Å². The van der Waals surface area contributed by atoms with Crippen molar-refractivity contribution < 1.29 is 13.2 Å². The van der Waals surface area contributed by atoms with Crippen molar-refractivity contribution >= 4 is 15.5 Å². The third-order valence-electron chi connectivity index (χ3n) is 3.83. The first-order valence-corrected chi connectivity index (χ1v) is 8.64. The predicted octanol–water partition coefficient (Wildman–Crippen LogP) is 1.86. The van der Waals surface area contributed by atoms with Gasteiger partial charge in [0.05, 0.1) is 18.1 Å². The maximum absolute atomic E-state index is 11.4. The van der Waals surface area contributed by atoms with Crippen molar-refractivity contribution in [1.29, 1.82) is 0 Å². The maximum atomic E-state index is 11.4. The van der Waals surface area contributed by atoms with Crippen LogP contribution in [0.3, 0.4) is 0 Å². The van der Waals surface area contributed by atoms with Gasteiger partial charge in [0, 0.05) is 18.2 Å². The zero-order valence-electron chi connectivity index (χ0n) is 10.9. The van der Waals surface area contributed by atoms with Crippen LogP contribution in [0.2, 0.25) is 0 Å². The van der Waals surface area contributed by atoms with Gasteiger partial charge in [-0.05, 0) is 43.0 Å². The molecular weight excluding hydrogens is 262 g/mol. The summed E-state index contributed by atoms with van der Waals surface area (Å²) in [5.41, 5.74) is 2.49. The zero-order chi connectivity index (χ0) is 13.3. The van der Waals surface area contributed by atoms with Gasteiger partial charge in [-0.3, -0.25) is 0 Å². The molecule has 1 atom stereocenters. The molecule has 1 aromatic carbocycles. The van der Waals surface area contributed by atoms with E-state index in [-0.39, 0.29) is 11.7 Å². The molecule has 1 fully saturated rings. The molecule has 1 saturated heterocycles. The first kappa shape index (κ1) is 12.8. The lowest BCUT2D eigenvalue weighted by atomic mass is 10.0. The van der Waals surface area contributed by atoms with E-state index in [1.807, 2.05) is 6.07 Å². The molecule has 4 nitrogen and oxygen atoms in total. The Balaban J connectivity index is 1.61. The van der Waals surface area contributed by atoms with Crippen LogP contribution >= 0.6 is 0 Å². The standard InChI is InChI=1S/C14H19NO3S/c16-19(17)7-5-11(10-19)9-18-13-3-4-14-12(8-13)2-1-6-15-14/h3-4,8,11,15H,1-2,5-7,9-10H2. The number of nitrogens with one attached hydrogen (secondary N) is 1. The van der Waals surface area contributed by atoms with Crippen molar-refractivity contribution in [2.75, 3.05) is 30.0 Å². The molecule has 2 aliphatic rings. The summed E-state index contributed by atoms with van der Waals surface area (Å²) in [5.74, 6) is 1.60. The molecule has 0 aliphatic carbocycles. The number of hydrogen-bond acceptors (Lipinski definition) is 4. The van der Waals surface area contributed by atoms with Gasteiger partial charge in [0.25, 0.3) is 0 Å². The summed E-state index contributed by atoms with van der Waals surface area (Å²) < 4.78 is 28.5. The van der Waals surface area contributed by atoms with Gasteiger partial charge in [0.1, 0.15) is 5.75 Å². The molecule has 104 valence electrons. The number of aryl methyl sites for hydroxylation is 1. The highest BCUT2D eigenvalue weighted by molar-refractivity contribution is 7.91. The van der Waals surface area contributed by atoms with Crippen molar-refractivity contribution in [2.45, 2.75) is 19.3 Å². The molecule has 5 heteroatoms. The van der Waals surface area contributed by atoms with E-state index >= 15 is 0 Å². The molecule has 0 aromatic heterocycles. The number of fused-ring (bicyclic) bond motifs is 1. The number of sulfone groups is 1. The van der Waals surface area contributed by atoms with Crippen LogP contribution in [0.1, 0.15) is 18.4 Å². The summed E-state index contributed by atoms with van der Waals surface area (Å²) in [4.78, 5) is 0. The normalized spacial score (nSPS) is 24.5. The highest BCUT2D eigenvalue weighted by Gasteiger charge is 2.28. The summed E-state index contributed by atoms with van der Waals surface area (Å²) in [7, 11) is -2.80. The van der Waals surface area contributed by atoms with E-state index in [9.17, 15) is 8.42 Å². The highest BCUT2D eigenvalue weighted by Crippen LogP contribution is 2.27. The maximum Gasteiger partial charge on any atom is 0.150 e. The van der Waals surface area contributed by atoms with E-state index in [2.05, 4.69) is 17.4 Å². The van der Waals surface area contributed by atoms with Crippen LogP contribution in [0.25, 0.3) is 0 Å². The van der Waals surface area contributed by atoms with Crippen molar-refractivity contribution in [3.05, 3.63) is 23.8 Å². The monoisotopic (exact) mass is 281 g/mol. The Bertz CT molecular complexity index is 568. The second-order valence-corrected chi connectivity index (χ2v) is 7.66. The van der Waals surface area contributed by atoms with Crippen molar-refractivity contribution in [2.24, 2.45) is 5.92 Å². The molecule has 0 saturated carbocycles. The Morgan fingerprint density at radius 2 is 2.26 bits per heavy atom. The van der Waals surface area contributed by atoms with Gasteiger partial charge in [0.15, 0.2) is 9.84 Å². The smallest absolute Gasteiger partial charge is 0.150 e. The Kier molecular flexibility index (Phi) is 3.39. The van der Waals surface area contributed by atoms with Crippen LogP contribution in [-0.4, -0.2) is 33.1 Å². The predicted molar refractivity (Wildman–Crippen MR) is 75.5 cm³/mol. The summed E-state index contributed by atoms with van der Waals surface area (Å²) in [6, 6.07) is 6.08. The Morgan fingerprint density at radius 1 is 1.37 bits per heavy atom. The number of rotatable bonds is 3. The fourth-order valence-corrected chi connectivity index (χ4v) is 4.60. The average Bonchev–Trinajstić information content (AvgIpc) is 2.76. The molecule has 1 aromatic rings. The van der Waals surface area contributed by atoms with Crippen LogP contribution in [0, 0.1) is 5.92 Å². The highest BCUT2D eigenvalue weighted by atomic mass is 32.2. The SMILES string of the molecule is O=S1(=O)CCC(COc2ccc3c(c2)CCCN3)C1. The molecule has 2 aliphatic heterocycles. The van der Waals surface area contributed by atoms with E-state index in [0.717, 1.165) is 31.6 Å². The van der Waals surface area contributed by atoms with E-state index in [0.29, 0.717) is 12.4 Å².